The predicted molar refractivity (Wildman–Crippen MR) is 27.5 cm³/mol. The maximum Gasteiger partial charge on any atom is 1.00 e. The first-order valence-electron chi connectivity index (χ1n) is 2.22. The van der Waals surface area contributed by atoms with Gasteiger partial charge < -0.3 is 16.0 Å². The molecule has 0 unspecified atom stereocenters. The monoisotopic (exact) mass is 178 g/mol. The third-order valence-electron chi connectivity index (χ3n) is 1.01. The number of hydrogen-bond donors (Lipinski definition) is 2. The van der Waals surface area contributed by atoms with Gasteiger partial charge in [-0.25, -0.2) is 0 Å². The molecular formula is C3H8KO4P. The molecular weight excluding hydrogens is 170 g/mol. The standard InChI is InChI=1S/C3H7O4P.K.H/c1-2-3(7-2)8(4,5)6;;/h2-3H,1H3,(H2,4,5,6);;/q;+1;-1/t2-,3+;;/m0../s1. The first-order chi connectivity index (χ1) is 3.52. The van der Waals surface area contributed by atoms with E-state index >= 15 is 0 Å². The second kappa shape index (κ2) is 3.43. The van der Waals surface area contributed by atoms with Crippen LogP contribution in [0, 0.1) is 0 Å². The van der Waals surface area contributed by atoms with Gasteiger partial charge in [0.25, 0.3) is 0 Å². The van der Waals surface area contributed by atoms with Crippen LogP contribution in [0.5, 0.6) is 0 Å². The zero-order valence-electron chi connectivity index (χ0n) is 6.31. The van der Waals surface area contributed by atoms with E-state index in [4.69, 9.17) is 9.79 Å². The van der Waals surface area contributed by atoms with E-state index in [1.54, 1.807) is 6.92 Å². The Morgan fingerprint density at radius 2 is 2.00 bits per heavy atom. The number of rotatable bonds is 1. The maximum absolute atomic E-state index is 10.2. The van der Waals surface area contributed by atoms with Crippen molar-refractivity contribution in [3.05, 3.63) is 0 Å². The van der Waals surface area contributed by atoms with Gasteiger partial charge in [0.15, 0.2) is 5.85 Å². The first kappa shape index (κ1) is 10.7. The molecule has 0 aromatic heterocycles. The van der Waals surface area contributed by atoms with Gasteiger partial charge in [0.05, 0.1) is 6.10 Å². The molecule has 1 rings (SSSR count). The van der Waals surface area contributed by atoms with Crippen LogP contribution >= 0.6 is 7.60 Å². The van der Waals surface area contributed by atoms with Crippen molar-refractivity contribution in [2.24, 2.45) is 0 Å². The van der Waals surface area contributed by atoms with Crippen molar-refractivity contribution in [1.82, 2.24) is 0 Å². The Kier molecular flexibility index (Phi) is 4.09. The van der Waals surface area contributed by atoms with Crippen molar-refractivity contribution < 1.29 is 71.9 Å². The van der Waals surface area contributed by atoms with Gasteiger partial charge >= 0.3 is 59.0 Å². The molecule has 1 saturated heterocycles. The second-order valence-corrected chi connectivity index (χ2v) is 3.51. The van der Waals surface area contributed by atoms with Crippen LogP contribution in [-0.4, -0.2) is 21.7 Å². The van der Waals surface area contributed by atoms with E-state index < -0.39 is 13.4 Å². The second-order valence-electron chi connectivity index (χ2n) is 1.82. The SMILES string of the molecule is C[C@@H]1O[C@@H]1P(=O)(O)O.[H-].[K+]. The minimum absolute atomic E-state index is 0. The number of epoxide rings is 1. The van der Waals surface area contributed by atoms with Gasteiger partial charge in [-0.05, 0) is 6.92 Å². The Balaban J connectivity index is 0. The van der Waals surface area contributed by atoms with E-state index in [9.17, 15) is 4.57 Å². The Labute approximate surface area is 97.0 Å². The predicted octanol–water partition coefficient (Wildman–Crippen LogP) is -2.97. The summed E-state index contributed by atoms with van der Waals surface area (Å²) in [4.78, 5) is 16.6. The molecule has 0 amide bonds. The van der Waals surface area contributed by atoms with Gasteiger partial charge in [-0.15, -0.1) is 0 Å². The molecule has 0 radical (unpaired) electrons. The van der Waals surface area contributed by atoms with Crippen molar-refractivity contribution in [1.29, 1.82) is 0 Å². The zero-order valence-corrected chi connectivity index (χ0v) is 9.33. The molecule has 6 heteroatoms. The van der Waals surface area contributed by atoms with Crippen LogP contribution in [0.3, 0.4) is 0 Å². The average Bonchev–Trinajstić information content (AvgIpc) is 2.13. The molecule has 1 aliphatic rings. The van der Waals surface area contributed by atoms with Gasteiger partial charge in [0.2, 0.25) is 0 Å². The molecule has 1 aliphatic heterocycles. The van der Waals surface area contributed by atoms with Crippen LogP contribution in [0.1, 0.15) is 8.35 Å². The summed E-state index contributed by atoms with van der Waals surface area (Å²) in [6, 6.07) is 0. The smallest absolute Gasteiger partial charge is 1.00 e. The Morgan fingerprint density at radius 1 is 1.67 bits per heavy atom. The molecule has 2 N–H and O–H groups in total. The molecule has 0 aromatic carbocycles. The summed E-state index contributed by atoms with van der Waals surface area (Å²) in [7, 11) is -3.90. The topological polar surface area (TPSA) is 70.1 Å². The molecule has 1 heterocycles. The maximum atomic E-state index is 10.2. The summed E-state index contributed by atoms with van der Waals surface area (Å²) >= 11 is 0. The van der Waals surface area contributed by atoms with E-state index in [0.717, 1.165) is 0 Å². The third kappa shape index (κ3) is 3.10. The van der Waals surface area contributed by atoms with E-state index in [0.29, 0.717) is 0 Å². The Hall–Kier alpha value is 1.75. The summed E-state index contributed by atoms with van der Waals surface area (Å²) in [5, 5.41) is 0. The Bertz CT molecular complexity index is 147. The molecule has 1 fully saturated rings. The minimum Gasteiger partial charge on any atom is -1.00 e. The molecule has 0 spiro atoms. The van der Waals surface area contributed by atoms with E-state index in [1.807, 2.05) is 0 Å². The summed E-state index contributed by atoms with van der Waals surface area (Å²) in [6.07, 6.45) is -0.254. The van der Waals surface area contributed by atoms with Gasteiger partial charge in [-0.2, -0.15) is 0 Å². The van der Waals surface area contributed by atoms with Gasteiger partial charge in [0, 0.05) is 0 Å². The van der Waals surface area contributed by atoms with Crippen molar-refractivity contribution in [2.45, 2.75) is 18.9 Å². The third-order valence-corrected chi connectivity index (χ3v) is 2.22. The molecule has 50 valence electrons. The summed E-state index contributed by atoms with van der Waals surface area (Å²) in [5.41, 5.74) is 0. The normalized spacial score (nSPS) is 33.2. The minimum atomic E-state index is -3.90. The van der Waals surface area contributed by atoms with Crippen LogP contribution in [0.4, 0.5) is 0 Å². The van der Waals surface area contributed by atoms with E-state index in [1.165, 1.54) is 0 Å². The molecule has 0 saturated carbocycles. The average molecular weight is 178 g/mol. The van der Waals surface area contributed by atoms with Crippen LogP contribution in [0.25, 0.3) is 0 Å². The van der Waals surface area contributed by atoms with Crippen LogP contribution < -0.4 is 51.4 Å². The van der Waals surface area contributed by atoms with Crippen LogP contribution in [0.2, 0.25) is 0 Å². The fourth-order valence-corrected chi connectivity index (χ4v) is 1.42. The summed E-state index contributed by atoms with van der Waals surface area (Å²) in [6.45, 7) is 1.63. The van der Waals surface area contributed by atoms with Crippen LogP contribution in [0.15, 0.2) is 0 Å². The van der Waals surface area contributed by atoms with Crippen molar-refractivity contribution in [2.75, 3.05) is 0 Å². The van der Waals surface area contributed by atoms with Crippen LogP contribution in [-0.2, 0) is 9.30 Å². The fourth-order valence-electron chi connectivity index (χ4n) is 0.527. The first-order valence-corrected chi connectivity index (χ1v) is 3.90. The van der Waals surface area contributed by atoms with Gasteiger partial charge in [-0.3, -0.25) is 4.57 Å². The molecule has 0 aliphatic carbocycles. The zero-order chi connectivity index (χ0) is 6.36. The van der Waals surface area contributed by atoms with Crippen molar-refractivity contribution >= 4 is 7.60 Å². The van der Waals surface area contributed by atoms with Crippen molar-refractivity contribution in [3.63, 3.8) is 0 Å². The quantitative estimate of drug-likeness (QED) is 0.255. The van der Waals surface area contributed by atoms with Gasteiger partial charge in [-0.1, -0.05) is 0 Å². The molecule has 0 bridgehead atoms. The largest absolute Gasteiger partial charge is 1.00 e. The summed E-state index contributed by atoms with van der Waals surface area (Å²) < 4.78 is 14.7. The van der Waals surface area contributed by atoms with E-state index in [-0.39, 0.29) is 58.9 Å². The molecule has 0 aromatic rings. The fraction of sp³-hybridized carbons (Fsp3) is 1.00. The number of ether oxygens (including phenoxy) is 1. The molecule has 9 heavy (non-hydrogen) atoms. The van der Waals surface area contributed by atoms with Crippen molar-refractivity contribution in [3.8, 4) is 0 Å². The Morgan fingerprint density at radius 3 is 2.00 bits per heavy atom. The van der Waals surface area contributed by atoms with Gasteiger partial charge in [0.1, 0.15) is 0 Å². The molecule has 4 nitrogen and oxygen atoms in total. The summed E-state index contributed by atoms with van der Waals surface area (Å²) in [5.74, 6) is -0.817. The number of hydrogen-bond acceptors (Lipinski definition) is 2. The van der Waals surface area contributed by atoms with E-state index in [2.05, 4.69) is 4.74 Å². The molecule has 2 atom stereocenters.